The van der Waals surface area contributed by atoms with Crippen LogP contribution < -0.4 is 15.0 Å². The highest BCUT2D eigenvalue weighted by molar-refractivity contribution is 8.09. The van der Waals surface area contributed by atoms with Crippen molar-refractivity contribution in [2.45, 2.75) is 24.0 Å². The maximum absolute atomic E-state index is 13.4. The predicted molar refractivity (Wildman–Crippen MR) is 121 cm³/mol. The van der Waals surface area contributed by atoms with E-state index in [-0.39, 0.29) is 16.6 Å². The number of imide groups is 1. The Morgan fingerprint density at radius 3 is 2.79 bits per heavy atom. The molecule has 1 aromatic carbocycles. The summed E-state index contributed by atoms with van der Waals surface area (Å²) in [4.78, 5) is 31.9. The number of aromatic nitrogens is 3. The zero-order chi connectivity index (χ0) is 24.2. The predicted octanol–water partition coefficient (Wildman–Crippen LogP) is 4.24. The van der Waals surface area contributed by atoms with E-state index in [2.05, 4.69) is 15.4 Å². The third-order valence-corrected chi connectivity index (χ3v) is 7.02. The lowest BCUT2D eigenvalue weighted by Gasteiger charge is -2.32. The van der Waals surface area contributed by atoms with E-state index in [1.54, 1.807) is 24.3 Å². The molecule has 34 heavy (non-hydrogen) atoms. The average molecular weight is 510 g/mol. The number of methoxy groups -OCH3 is 1. The fraction of sp³-hybridized carbons (Fsp3) is 0.238. The average Bonchev–Trinajstić information content (AvgIpc) is 3.37. The second-order valence-corrected chi connectivity index (χ2v) is 9.19. The van der Waals surface area contributed by atoms with Crippen LogP contribution in [0.25, 0.3) is 15.8 Å². The van der Waals surface area contributed by atoms with E-state index < -0.39 is 36.0 Å². The molecule has 0 radical (unpaired) electrons. The summed E-state index contributed by atoms with van der Waals surface area (Å²) in [5.74, 6) is 0.0450. The number of halogens is 4. The third-order valence-electron chi connectivity index (χ3n) is 5.33. The number of thioether (sulfide) groups is 1. The number of fused-ring (bicyclic) bond motifs is 2. The lowest BCUT2D eigenvalue weighted by atomic mass is 10.1. The summed E-state index contributed by atoms with van der Waals surface area (Å²) in [7, 11) is 1.52. The molecule has 0 saturated carbocycles. The molecule has 3 amide bonds. The van der Waals surface area contributed by atoms with Crippen LogP contribution >= 0.6 is 23.4 Å². The van der Waals surface area contributed by atoms with E-state index in [4.69, 9.17) is 16.3 Å². The van der Waals surface area contributed by atoms with Crippen molar-refractivity contribution in [2.75, 3.05) is 12.0 Å². The summed E-state index contributed by atoms with van der Waals surface area (Å²) in [6, 6.07) is 3.81. The molecule has 1 N–H and O–H groups in total. The van der Waals surface area contributed by atoms with Crippen molar-refractivity contribution in [3.8, 4) is 5.75 Å². The first kappa shape index (κ1) is 22.5. The third kappa shape index (κ3) is 3.96. The summed E-state index contributed by atoms with van der Waals surface area (Å²) in [5, 5.41) is 6.74. The first-order chi connectivity index (χ1) is 16.1. The molecule has 0 bridgehead atoms. The van der Waals surface area contributed by atoms with Crippen molar-refractivity contribution < 1.29 is 27.5 Å². The molecule has 13 heteroatoms. The highest BCUT2D eigenvalue weighted by atomic mass is 35.5. The van der Waals surface area contributed by atoms with Crippen LogP contribution in [0.15, 0.2) is 42.9 Å². The maximum atomic E-state index is 13.4. The molecule has 2 atom stereocenters. The van der Waals surface area contributed by atoms with Gasteiger partial charge in [0.25, 0.3) is 5.91 Å². The second kappa shape index (κ2) is 8.20. The van der Waals surface area contributed by atoms with Crippen molar-refractivity contribution in [3.05, 3.63) is 53.5 Å². The Labute approximate surface area is 199 Å². The lowest BCUT2D eigenvalue weighted by Crippen LogP contribution is -2.60. The van der Waals surface area contributed by atoms with E-state index in [1.807, 2.05) is 0 Å². The largest absolute Gasteiger partial charge is 0.497 e. The summed E-state index contributed by atoms with van der Waals surface area (Å²) in [6.07, 6.45) is 0.995. The van der Waals surface area contributed by atoms with Gasteiger partial charge in [-0.15, -0.1) is 11.8 Å². The monoisotopic (exact) mass is 509 g/mol. The fourth-order valence-electron chi connectivity index (χ4n) is 3.87. The minimum atomic E-state index is -4.48. The summed E-state index contributed by atoms with van der Waals surface area (Å²) < 4.78 is 44.4. The Bertz CT molecular complexity index is 1360. The Morgan fingerprint density at radius 2 is 2.06 bits per heavy atom. The van der Waals surface area contributed by atoms with E-state index in [0.717, 1.165) is 4.90 Å². The smallest absolute Gasteiger partial charge is 0.408 e. The Hall–Kier alpha value is -3.25. The van der Waals surface area contributed by atoms with Crippen LogP contribution in [-0.4, -0.2) is 51.3 Å². The normalized spacial score (nSPS) is 20.4. The zero-order valence-corrected chi connectivity index (χ0v) is 18.9. The van der Waals surface area contributed by atoms with Gasteiger partial charge in [0.15, 0.2) is 0 Å². The van der Waals surface area contributed by atoms with Gasteiger partial charge in [-0.2, -0.15) is 18.3 Å². The van der Waals surface area contributed by atoms with E-state index in [9.17, 15) is 22.8 Å². The molecule has 2 aliphatic rings. The molecule has 176 valence electrons. The van der Waals surface area contributed by atoms with Gasteiger partial charge in [-0.1, -0.05) is 11.6 Å². The van der Waals surface area contributed by atoms with E-state index in [1.165, 1.54) is 37.5 Å². The van der Waals surface area contributed by atoms with Gasteiger partial charge in [0, 0.05) is 33.3 Å². The van der Waals surface area contributed by atoms with Crippen molar-refractivity contribution in [2.24, 2.45) is 0 Å². The Balaban J connectivity index is 1.47. The molecule has 4 heterocycles. The van der Waals surface area contributed by atoms with Gasteiger partial charge in [-0.05, 0) is 24.3 Å². The van der Waals surface area contributed by atoms with Gasteiger partial charge in [-0.25, -0.2) is 9.69 Å². The Morgan fingerprint density at radius 1 is 1.26 bits per heavy atom. The van der Waals surface area contributed by atoms with Crippen LogP contribution in [0.1, 0.15) is 5.56 Å². The van der Waals surface area contributed by atoms with Crippen LogP contribution in [0.5, 0.6) is 5.75 Å². The number of benzene rings is 1. The number of pyridine rings is 1. The number of anilines is 1. The number of nitrogens with one attached hydrogen (secondary N) is 1. The standard InChI is InChI=1S/C21H15ClF3N5O3S/c1-33-11-2-3-13(22)12(4-11)16-5-14-18(34-16)19(31)30(20(32)27-14)15-7-26-6-10-8-29(28-17(10)15)9-21(23,24)25/h2-8,14,18H,9H2,1H3,(H,27,32). The topological polar surface area (TPSA) is 89.3 Å². The van der Waals surface area contributed by atoms with Gasteiger partial charge in [0.1, 0.15) is 28.7 Å². The van der Waals surface area contributed by atoms with Crippen LogP contribution in [0.4, 0.5) is 23.7 Å². The number of carbonyl (C=O) groups is 2. The van der Waals surface area contributed by atoms with Gasteiger partial charge in [0.05, 0.1) is 19.3 Å². The molecule has 0 spiro atoms. The molecule has 2 aliphatic heterocycles. The minimum absolute atomic E-state index is 0.00726. The SMILES string of the molecule is COc1ccc(Cl)c(C2=CC3NC(=O)N(c4cncc5cn(CC(F)(F)F)nc45)C(=O)C3S2)c1. The highest BCUT2D eigenvalue weighted by Crippen LogP contribution is 2.45. The van der Waals surface area contributed by atoms with Crippen molar-refractivity contribution in [1.82, 2.24) is 20.1 Å². The van der Waals surface area contributed by atoms with Gasteiger partial charge < -0.3 is 10.1 Å². The number of alkyl halides is 3. The molecule has 0 aliphatic carbocycles. The van der Waals surface area contributed by atoms with Crippen molar-refractivity contribution in [1.29, 1.82) is 0 Å². The first-order valence-electron chi connectivity index (χ1n) is 9.89. The first-order valence-corrected chi connectivity index (χ1v) is 11.1. The van der Waals surface area contributed by atoms with Crippen LogP contribution in [0.3, 0.4) is 0 Å². The molecule has 1 saturated heterocycles. The van der Waals surface area contributed by atoms with Crippen molar-refractivity contribution >= 4 is 56.8 Å². The molecular formula is C21H15ClF3N5O3S. The molecule has 2 aromatic heterocycles. The molecule has 3 aromatic rings. The summed E-state index contributed by atoms with van der Waals surface area (Å²) in [5.41, 5.74) is 0.727. The van der Waals surface area contributed by atoms with Gasteiger partial charge >= 0.3 is 12.2 Å². The highest BCUT2D eigenvalue weighted by Gasteiger charge is 2.46. The number of ether oxygens (including phenoxy) is 1. The minimum Gasteiger partial charge on any atom is -0.497 e. The number of urea groups is 1. The van der Waals surface area contributed by atoms with E-state index in [0.29, 0.717) is 25.9 Å². The molecular weight excluding hydrogens is 495 g/mol. The van der Waals surface area contributed by atoms with E-state index >= 15 is 0 Å². The quantitative estimate of drug-likeness (QED) is 0.566. The number of hydrogen-bond donors (Lipinski definition) is 1. The maximum Gasteiger partial charge on any atom is 0.408 e. The second-order valence-electron chi connectivity index (χ2n) is 7.60. The number of amides is 3. The number of nitrogens with zero attached hydrogens (tertiary/aromatic N) is 4. The zero-order valence-electron chi connectivity index (χ0n) is 17.3. The van der Waals surface area contributed by atoms with Gasteiger partial charge in [0.2, 0.25) is 0 Å². The number of hydrogen-bond acceptors (Lipinski definition) is 6. The summed E-state index contributed by atoms with van der Waals surface area (Å²) >= 11 is 7.57. The number of rotatable bonds is 4. The molecule has 1 fully saturated rings. The van der Waals surface area contributed by atoms with Crippen LogP contribution in [-0.2, 0) is 11.3 Å². The van der Waals surface area contributed by atoms with Gasteiger partial charge in [-0.3, -0.25) is 14.5 Å². The molecule has 5 rings (SSSR count). The lowest BCUT2D eigenvalue weighted by molar-refractivity contribution is -0.142. The Kier molecular flexibility index (Phi) is 5.44. The van der Waals surface area contributed by atoms with Crippen molar-refractivity contribution in [3.63, 3.8) is 0 Å². The van der Waals surface area contributed by atoms with Crippen LogP contribution in [0.2, 0.25) is 5.02 Å². The summed E-state index contributed by atoms with van der Waals surface area (Å²) in [6.45, 7) is -1.31. The fourth-order valence-corrected chi connectivity index (χ4v) is 5.43. The molecule has 2 unspecified atom stereocenters. The molecule has 8 nitrogen and oxygen atoms in total. The van der Waals surface area contributed by atoms with Crippen LogP contribution in [0, 0.1) is 0 Å². The number of carbonyl (C=O) groups excluding carboxylic acids is 2.